The van der Waals surface area contributed by atoms with Crippen LogP contribution < -0.4 is 10.3 Å². The molecule has 32 heavy (non-hydrogen) atoms. The SMILES string of the molecule is COc1ccc2cc(-c3oc4cc(C)n([C@@H](C)C(=O)O)c(=O)c4c3CC(=O)O)ccc2c1. The summed E-state index contributed by atoms with van der Waals surface area (Å²) < 4.78 is 12.4. The number of aryl methyl sites for hydroxylation is 1. The molecule has 164 valence electrons. The molecule has 0 bridgehead atoms. The Balaban J connectivity index is 2.00. The second-order valence-electron chi connectivity index (χ2n) is 7.62. The Labute approximate surface area is 182 Å². The van der Waals surface area contributed by atoms with Crippen LogP contribution in [0.2, 0.25) is 0 Å². The van der Waals surface area contributed by atoms with Crippen molar-refractivity contribution >= 4 is 33.7 Å². The molecule has 0 aliphatic heterocycles. The highest BCUT2D eigenvalue weighted by atomic mass is 16.5. The molecule has 2 aromatic heterocycles. The summed E-state index contributed by atoms with van der Waals surface area (Å²) in [6.07, 6.45) is -0.442. The van der Waals surface area contributed by atoms with Gasteiger partial charge in [-0.3, -0.25) is 14.2 Å². The van der Waals surface area contributed by atoms with E-state index in [1.807, 2.05) is 30.3 Å². The van der Waals surface area contributed by atoms with Gasteiger partial charge < -0.3 is 19.4 Å². The van der Waals surface area contributed by atoms with E-state index >= 15 is 0 Å². The average molecular weight is 435 g/mol. The van der Waals surface area contributed by atoms with Gasteiger partial charge in [-0.1, -0.05) is 18.2 Å². The molecule has 4 aromatic rings. The summed E-state index contributed by atoms with van der Waals surface area (Å²) >= 11 is 0. The zero-order valence-electron chi connectivity index (χ0n) is 17.7. The van der Waals surface area contributed by atoms with Gasteiger partial charge in [-0.15, -0.1) is 0 Å². The van der Waals surface area contributed by atoms with Crippen molar-refractivity contribution in [2.24, 2.45) is 0 Å². The van der Waals surface area contributed by atoms with Gasteiger partial charge in [0.2, 0.25) is 0 Å². The van der Waals surface area contributed by atoms with Crippen LogP contribution in [0.15, 0.2) is 51.7 Å². The number of fused-ring (bicyclic) bond motifs is 2. The zero-order valence-corrected chi connectivity index (χ0v) is 17.7. The smallest absolute Gasteiger partial charge is 0.326 e. The van der Waals surface area contributed by atoms with E-state index in [0.717, 1.165) is 15.3 Å². The lowest BCUT2D eigenvalue weighted by Crippen LogP contribution is -2.30. The number of benzene rings is 2. The van der Waals surface area contributed by atoms with E-state index < -0.39 is 30.0 Å². The van der Waals surface area contributed by atoms with Crippen LogP contribution in [0.5, 0.6) is 5.75 Å². The van der Waals surface area contributed by atoms with Gasteiger partial charge in [0.25, 0.3) is 5.56 Å². The monoisotopic (exact) mass is 435 g/mol. The Kier molecular flexibility index (Phi) is 5.22. The van der Waals surface area contributed by atoms with Crippen molar-refractivity contribution in [3.05, 3.63) is 64.1 Å². The molecule has 0 radical (unpaired) electrons. The van der Waals surface area contributed by atoms with Gasteiger partial charge in [0, 0.05) is 22.9 Å². The molecule has 8 heteroatoms. The first-order chi connectivity index (χ1) is 15.2. The number of hydrogen-bond donors (Lipinski definition) is 2. The van der Waals surface area contributed by atoms with Gasteiger partial charge in [-0.05, 0) is 42.8 Å². The fourth-order valence-electron chi connectivity index (χ4n) is 4.00. The largest absolute Gasteiger partial charge is 0.497 e. The predicted molar refractivity (Wildman–Crippen MR) is 118 cm³/mol. The van der Waals surface area contributed by atoms with Crippen molar-refractivity contribution < 1.29 is 29.0 Å². The van der Waals surface area contributed by atoms with Gasteiger partial charge in [-0.25, -0.2) is 4.79 Å². The summed E-state index contributed by atoms with van der Waals surface area (Å²) in [7, 11) is 1.59. The molecular weight excluding hydrogens is 414 g/mol. The first-order valence-electron chi connectivity index (χ1n) is 9.91. The van der Waals surface area contributed by atoms with Crippen molar-refractivity contribution in [1.29, 1.82) is 0 Å². The second kappa shape index (κ2) is 7.88. The number of aliphatic carboxylic acids is 2. The van der Waals surface area contributed by atoms with Gasteiger partial charge in [-0.2, -0.15) is 0 Å². The molecule has 0 saturated carbocycles. The van der Waals surface area contributed by atoms with Crippen LogP contribution in [0.1, 0.15) is 24.2 Å². The molecule has 0 spiro atoms. The Morgan fingerprint density at radius 3 is 2.44 bits per heavy atom. The topological polar surface area (TPSA) is 119 Å². The minimum atomic E-state index is -1.16. The van der Waals surface area contributed by atoms with Crippen LogP contribution in [0.4, 0.5) is 0 Å². The number of ether oxygens (including phenoxy) is 1. The van der Waals surface area contributed by atoms with Crippen LogP contribution in [-0.4, -0.2) is 33.8 Å². The van der Waals surface area contributed by atoms with E-state index in [4.69, 9.17) is 9.15 Å². The summed E-state index contributed by atoms with van der Waals surface area (Å²) in [5, 5.41) is 20.8. The van der Waals surface area contributed by atoms with Crippen molar-refractivity contribution in [2.75, 3.05) is 7.11 Å². The maximum Gasteiger partial charge on any atom is 0.326 e. The number of aromatic nitrogens is 1. The van der Waals surface area contributed by atoms with E-state index in [9.17, 15) is 24.6 Å². The lowest BCUT2D eigenvalue weighted by atomic mass is 10.0. The van der Waals surface area contributed by atoms with E-state index in [1.165, 1.54) is 6.92 Å². The summed E-state index contributed by atoms with van der Waals surface area (Å²) in [4.78, 5) is 36.4. The van der Waals surface area contributed by atoms with Crippen molar-refractivity contribution in [3.63, 3.8) is 0 Å². The number of carboxylic acid groups (broad SMARTS) is 2. The maximum absolute atomic E-state index is 13.3. The molecule has 2 N–H and O–H groups in total. The first-order valence-corrected chi connectivity index (χ1v) is 9.91. The summed E-state index contributed by atoms with van der Waals surface area (Å²) in [5.41, 5.74) is 0.876. The zero-order chi connectivity index (χ0) is 23.2. The number of carbonyl (C=O) groups is 2. The molecule has 2 heterocycles. The van der Waals surface area contributed by atoms with Gasteiger partial charge in [0.1, 0.15) is 23.1 Å². The number of nitrogens with zero attached hydrogens (tertiary/aromatic N) is 1. The lowest BCUT2D eigenvalue weighted by Gasteiger charge is -2.14. The number of furan rings is 1. The Morgan fingerprint density at radius 1 is 1.09 bits per heavy atom. The minimum Gasteiger partial charge on any atom is -0.497 e. The van der Waals surface area contributed by atoms with E-state index in [2.05, 4.69) is 0 Å². The third kappa shape index (κ3) is 3.49. The molecular formula is C24H21NO7. The normalized spacial score (nSPS) is 12.2. The number of pyridine rings is 1. The van der Waals surface area contributed by atoms with E-state index in [-0.39, 0.29) is 22.3 Å². The summed E-state index contributed by atoms with van der Waals surface area (Å²) in [6.45, 7) is 3.01. The average Bonchev–Trinajstić information content (AvgIpc) is 3.10. The molecule has 4 rings (SSSR count). The molecule has 8 nitrogen and oxygen atoms in total. The summed E-state index contributed by atoms with van der Waals surface area (Å²) in [5.74, 6) is -1.30. The lowest BCUT2D eigenvalue weighted by molar-refractivity contribution is -0.140. The number of carboxylic acids is 2. The fourth-order valence-corrected chi connectivity index (χ4v) is 4.00. The number of methoxy groups -OCH3 is 1. The predicted octanol–water partition coefficient (Wildman–Crippen LogP) is 4.00. The molecule has 2 aromatic carbocycles. The molecule has 0 saturated heterocycles. The van der Waals surface area contributed by atoms with Crippen LogP contribution >= 0.6 is 0 Å². The van der Waals surface area contributed by atoms with Gasteiger partial charge in [0.15, 0.2) is 0 Å². The highest BCUT2D eigenvalue weighted by Crippen LogP contribution is 2.35. The molecule has 0 fully saturated rings. The standard InChI is InChI=1S/C24H21NO7/c1-12-8-19-21(23(28)25(12)13(2)24(29)30)18(11-20(26)27)22(32-19)16-5-4-15-10-17(31-3)7-6-14(15)9-16/h4-10,13H,11H2,1-3H3,(H,26,27)(H,29,30)/t13-/m0/s1. The molecule has 0 unspecified atom stereocenters. The summed E-state index contributed by atoms with van der Waals surface area (Å²) in [6, 6.07) is 11.5. The minimum absolute atomic E-state index is 0.0796. The van der Waals surface area contributed by atoms with Gasteiger partial charge >= 0.3 is 11.9 Å². The van der Waals surface area contributed by atoms with Crippen LogP contribution in [0.25, 0.3) is 33.1 Å². The van der Waals surface area contributed by atoms with Crippen molar-refractivity contribution in [2.45, 2.75) is 26.3 Å². The molecule has 1 atom stereocenters. The maximum atomic E-state index is 13.3. The van der Waals surface area contributed by atoms with Crippen molar-refractivity contribution in [1.82, 2.24) is 4.57 Å². The number of hydrogen-bond acceptors (Lipinski definition) is 5. The Bertz CT molecular complexity index is 1440. The van der Waals surface area contributed by atoms with Crippen molar-refractivity contribution in [3.8, 4) is 17.1 Å². The van der Waals surface area contributed by atoms with Crippen LogP contribution in [-0.2, 0) is 16.0 Å². The highest BCUT2D eigenvalue weighted by molar-refractivity contribution is 5.94. The molecule has 0 amide bonds. The second-order valence-corrected chi connectivity index (χ2v) is 7.62. The number of rotatable bonds is 6. The van der Waals surface area contributed by atoms with Crippen LogP contribution in [0.3, 0.4) is 0 Å². The van der Waals surface area contributed by atoms with E-state index in [1.54, 1.807) is 26.2 Å². The fraction of sp³-hybridized carbons (Fsp3) is 0.208. The quantitative estimate of drug-likeness (QED) is 0.470. The third-order valence-electron chi connectivity index (χ3n) is 5.57. The first kappa shape index (κ1) is 21.2. The molecule has 0 aliphatic carbocycles. The van der Waals surface area contributed by atoms with E-state index in [0.29, 0.717) is 17.0 Å². The highest BCUT2D eigenvalue weighted by Gasteiger charge is 2.25. The Morgan fingerprint density at radius 2 is 1.78 bits per heavy atom. The Hall–Kier alpha value is -4.07. The van der Waals surface area contributed by atoms with Gasteiger partial charge in [0.05, 0.1) is 18.9 Å². The van der Waals surface area contributed by atoms with Crippen LogP contribution in [0, 0.1) is 6.92 Å². The molecule has 0 aliphatic rings. The third-order valence-corrected chi connectivity index (χ3v) is 5.57.